The van der Waals surface area contributed by atoms with Gasteiger partial charge in [-0.25, -0.2) is 0 Å². The second-order valence-corrected chi connectivity index (χ2v) is 4.43. The predicted octanol–water partition coefficient (Wildman–Crippen LogP) is 4.77. The summed E-state index contributed by atoms with van der Waals surface area (Å²) < 4.78 is 5.84. The molecule has 0 bridgehead atoms. The first-order chi connectivity index (χ1) is 9.88. The van der Waals surface area contributed by atoms with Gasteiger partial charge in [0.1, 0.15) is 0 Å². The molecular weight excluding hydrogens is 375 g/mol. The molecule has 0 amide bonds. The van der Waals surface area contributed by atoms with Crippen LogP contribution < -0.4 is 9.64 Å². The van der Waals surface area contributed by atoms with Gasteiger partial charge in [-0.3, -0.25) is 4.99 Å². The summed E-state index contributed by atoms with van der Waals surface area (Å²) in [4.78, 5) is 6.52. The van der Waals surface area contributed by atoms with E-state index in [9.17, 15) is 0 Å². The summed E-state index contributed by atoms with van der Waals surface area (Å²) in [6.07, 6.45) is 3.68. The molecule has 1 aliphatic rings. The fourth-order valence-electron chi connectivity index (χ4n) is 2.20. The van der Waals surface area contributed by atoms with E-state index in [1.807, 2.05) is 54.6 Å². The zero-order valence-corrected chi connectivity index (χ0v) is 14.1. The average molecular weight is 392 g/mol. The molecule has 1 heterocycles. The van der Waals surface area contributed by atoms with Crippen molar-refractivity contribution in [3.8, 4) is 5.75 Å². The van der Waals surface area contributed by atoms with Crippen LogP contribution in [0.15, 0.2) is 71.5 Å². The van der Waals surface area contributed by atoms with Gasteiger partial charge in [-0.05, 0) is 31.2 Å². The van der Waals surface area contributed by atoms with Crippen LogP contribution in [-0.4, -0.2) is 12.8 Å². The Labute approximate surface area is 142 Å². The van der Waals surface area contributed by atoms with E-state index in [1.165, 1.54) is 0 Å². The van der Waals surface area contributed by atoms with Crippen LogP contribution in [0.3, 0.4) is 0 Å². The smallest absolute Gasteiger partial charge is 0.202 e. The van der Waals surface area contributed by atoms with Gasteiger partial charge in [-0.2, -0.15) is 0 Å². The van der Waals surface area contributed by atoms with Crippen LogP contribution in [0.25, 0.3) is 0 Å². The van der Waals surface area contributed by atoms with Crippen LogP contribution in [0.2, 0.25) is 0 Å². The van der Waals surface area contributed by atoms with E-state index in [1.54, 1.807) is 6.21 Å². The normalized spacial score (nSPS) is 14.9. The van der Waals surface area contributed by atoms with Crippen molar-refractivity contribution in [2.24, 2.45) is 4.99 Å². The van der Waals surface area contributed by atoms with Crippen LogP contribution in [0, 0.1) is 0 Å². The van der Waals surface area contributed by atoms with E-state index in [0.717, 1.165) is 29.6 Å². The zero-order chi connectivity index (χ0) is 13.8. The highest BCUT2D eigenvalue weighted by molar-refractivity contribution is 14.0. The Kier molecular flexibility index (Phi) is 5.38. The lowest BCUT2D eigenvalue weighted by Gasteiger charge is -2.14. The number of rotatable bonds is 3. The molecular formula is C17H17IN2O. The Morgan fingerprint density at radius 3 is 2.52 bits per heavy atom. The maximum atomic E-state index is 5.84. The number of hydrogen-bond acceptors (Lipinski definition) is 3. The van der Waals surface area contributed by atoms with Crippen molar-refractivity contribution in [1.82, 2.24) is 0 Å². The SMILES string of the molecule is CCN1/C(=C\C=Nc2ccccc2)Oc2ccccc21.I. The number of para-hydroxylation sites is 3. The third kappa shape index (κ3) is 3.44. The topological polar surface area (TPSA) is 24.8 Å². The summed E-state index contributed by atoms with van der Waals surface area (Å²) in [5.41, 5.74) is 2.04. The molecule has 0 radical (unpaired) electrons. The molecule has 0 atom stereocenters. The highest BCUT2D eigenvalue weighted by Crippen LogP contribution is 2.37. The van der Waals surface area contributed by atoms with Gasteiger partial charge >= 0.3 is 0 Å². The van der Waals surface area contributed by atoms with Gasteiger partial charge in [-0.15, -0.1) is 24.0 Å². The van der Waals surface area contributed by atoms with Crippen LogP contribution in [0.1, 0.15) is 6.92 Å². The van der Waals surface area contributed by atoms with E-state index < -0.39 is 0 Å². The summed E-state index contributed by atoms with van der Waals surface area (Å²) in [6.45, 7) is 2.97. The van der Waals surface area contributed by atoms with Crippen molar-refractivity contribution >= 4 is 41.6 Å². The van der Waals surface area contributed by atoms with Gasteiger partial charge in [0.15, 0.2) is 5.75 Å². The molecule has 0 spiro atoms. The fraction of sp³-hybridized carbons (Fsp3) is 0.118. The molecule has 0 fully saturated rings. The summed E-state index contributed by atoms with van der Waals surface area (Å²) in [6, 6.07) is 17.9. The van der Waals surface area contributed by atoms with Gasteiger partial charge < -0.3 is 9.64 Å². The minimum Gasteiger partial charge on any atom is -0.439 e. The number of ether oxygens (including phenoxy) is 1. The second kappa shape index (κ2) is 7.26. The van der Waals surface area contributed by atoms with Crippen molar-refractivity contribution in [1.29, 1.82) is 0 Å². The standard InChI is InChI=1S/C17H16N2O.HI/c1-2-19-15-10-6-7-11-16(15)20-17(19)12-13-18-14-8-4-3-5-9-14;/h3-13H,2H2,1H3;1H/b17-12+,18-13?;. The van der Waals surface area contributed by atoms with Gasteiger partial charge in [0.25, 0.3) is 0 Å². The first-order valence-electron chi connectivity index (χ1n) is 6.72. The third-order valence-electron chi connectivity index (χ3n) is 3.15. The fourth-order valence-corrected chi connectivity index (χ4v) is 2.20. The molecule has 3 rings (SSSR count). The summed E-state index contributed by atoms with van der Waals surface area (Å²) in [7, 11) is 0. The second-order valence-electron chi connectivity index (χ2n) is 4.43. The lowest BCUT2D eigenvalue weighted by atomic mass is 10.3. The molecule has 0 saturated carbocycles. The van der Waals surface area contributed by atoms with E-state index >= 15 is 0 Å². The number of fused-ring (bicyclic) bond motifs is 1. The number of aliphatic imine (C=N–C) groups is 1. The molecule has 4 heteroatoms. The van der Waals surface area contributed by atoms with Crippen molar-refractivity contribution < 1.29 is 4.74 Å². The van der Waals surface area contributed by atoms with E-state index in [2.05, 4.69) is 22.9 Å². The highest BCUT2D eigenvalue weighted by atomic mass is 127. The number of nitrogens with zero attached hydrogens (tertiary/aromatic N) is 2. The molecule has 21 heavy (non-hydrogen) atoms. The Morgan fingerprint density at radius 1 is 1.05 bits per heavy atom. The molecule has 0 unspecified atom stereocenters. The highest BCUT2D eigenvalue weighted by Gasteiger charge is 2.23. The van der Waals surface area contributed by atoms with Crippen LogP contribution >= 0.6 is 24.0 Å². The van der Waals surface area contributed by atoms with Crippen LogP contribution in [0.4, 0.5) is 11.4 Å². The van der Waals surface area contributed by atoms with Crippen molar-refractivity contribution in [3.63, 3.8) is 0 Å². The Bertz CT molecular complexity index is 653. The van der Waals surface area contributed by atoms with Crippen molar-refractivity contribution in [2.45, 2.75) is 6.92 Å². The lowest BCUT2D eigenvalue weighted by Crippen LogP contribution is -2.19. The predicted molar refractivity (Wildman–Crippen MR) is 98.2 cm³/mol. The lowest BCUT2D eigenvalue weighted by molar-refractivity contribution is 0.441. The van der Waals surface area contributed by atoms with E-state index in [4.69, 9.17) is 4.74 Å². The van der Waals surface area contributed by atoms with Crippen molar-refractivity contribution in [2.75, 3.05) is 11.4 Å². The molecule has 1 aliphatic heterocycles. The van der Waals surface area contributed by atoms with Crippen LogP contribution in [0.5, 0.6) is 5.75 Å². The summed E-state index contributed by atoms with van der Waals surface area (Å²) in [5.74, 6) is 1.71. The largest absolute Gasteiger partial charge is 0.439 e. The molecule has 2 aromatic carbocycles. The van der Waals surface area contributed by atoms with Crippen LogP contribution in [-0.2, 0) is 0 Å². The minimum absolute atomic E-state index is 0. The quantitative estimate of drug-likeness (QED) is 0.556. The molecule has 0 saturated heterocycles. The molecule has 0 aromatic heterocycles. The van der Waals surface area contributed by atoms with Gasteiger partial charge in [0.2, 0.25) is 5.88 Å². The number of hydrogen-bond donors (Lipinski definition) is 0. The zero-order valence-electron chi connectivity index (χ0n) is 11.8. The maximum absolute atomic E-state index is 5.84. The van der Waals surface area contributed by atoms with E-state index in [0.29, 0.717) is 0 Å². The van der Waals surface area contributed by atoms with Gasteiger partial charge in [-0.1, -0.05) is 30.3 Å². The number of halogens is 1. The molecule has 2 aromatic rings. The number of allylic oxidation sites excluding steroid dienone is 1. The van der Waals surface area contributed by atoms with E-state index in [-0.39, 0.29) is 24.0 Å². The Morgan fingerprint density at radius 2 is 1.76 bits per heavy atom. The Hall–Kier alpha value is -1.82. The van der Waals surface area contributed by atoms with Gasteiger partial charge in [0, 0.05) is 18.8 Å². The molecule has 0 aliphatic carbocycles. The molecule has 0 N–H and O–H groups in total. The number of anilines is 1. The Balaban J connectivity index is 0.00000161. The first-order valence-corrected chi connectivity index (χ1v) is 6.72. The first kappa shape index (κ1) is 15.6. The average Bonchev–Trinajstić information content (AvgIpc) is 2.86. The summed E-state index contributed by atoms with van der Waals surface area (Å²) in [5, 5.41) is 0. The van der Waals surface area contributed by atoms with Gasteiger partial charge in [0.05, 0.1) is 11.4 Å². The van der Waals surface area contributed by atoms with Crippen molar-refractivity contribution in [3.05, 3.63) is 66.6 Å². The number of benzene rings is 2. The molecule has 3 nitrogen and oxygen atoms in total. The monoisotopic (exact) mass is 392 g/mol. The minimum atomic E-state index is 0. The third-order valence-corrected chi connectivity index (χ3v) is 3.15. The summed E-state index contributed by atoms with van der Waals surface area (Å²) >= 11 is 0. The maximum Gasteiger partial charge on any atom is 0.202 e. The molecule has 108 valence electrons.